The van der Waals surface area contributed by atoms with Crippen LogP contribution in [0.1, 0.15) is 46.7 Å². The normalized spacial score (nSPS) is 15.1. The average molecular weight is 532 g/mol. The fraction of sp³-hybridized carbons (Fsp3) is 0.300. The number of ether oxygens (including phenoxy) is 1. The Hall–Kier alpha value is -3.62. The van der Waals surface area contributed by atoms with Gasteiger partial charge in [-0.3, -0.25) is 4.79 Å². The van der Waals surface area contributed by atoms with Crippen LogP contribution in [-0.4, -0.2) is 49.1 Å². The molecular formula is C30H33N3O4S. The van der Waals surface area contributed by atoms with Crippen LogP contribution in [-0.2, 0) is 10.0 Å². The highest BCUT2D eigenvalue weighted by atomic mass is 32.2. The van der Waals surface area contributed by atoms with Crippen molar-refractivity contribution in [1.82, 2.24) is 9.29 Å². The van der Waals surface area contributed by atoms with Gasteiger partial charge in [-0.2, -0.15) is 0 Å². The molecule has 7 nitrogen and oxygen atoms in total. The number of aryl methyl sites for hydroxylation is 1. The molecule has 198 valence electrons. The zero-order chi connectivity index (χ0) is 26.7. The Kier molecular flexibility index (Phi) is 7.53. The minimum atomic E-state index is -3.36. The van der Waals surface area contributed by atoms with E-state index in [0.29, 0.717) is 44.5 Å². The molecule has 3 aromatic carbocycles. The summed E-state index contributed by atoms with van der Waals surface area (Å²) in [6.07, 6.45) is 3.82. The number of aromatic amines is 1. The molecule has 0 spiro atoms. The number of fused-ring (bicyclic) bond motifs is 1. The van der Waals surface area contributed by atoms with Crippen molar-refractivity contribution in [3.8, 4) is 16.9 Å². The van der Waals surface area contributed by atoms with Gasteiger partial charge in [-0.1, -0.05) is 48.0 Å². The van der Waals surface area contributed by atoms with Crippen LogP contribution in [0.4, 0.5) is 0 Å². The summed E-state index contributed by atoms with van der Waals surface area (Å²) in [5.41, 5.74) is 11.1. The molecule has 3 N–H and O–H groups in total. The van der Waals surface area contributed by atoms with E-state index in [1.54, 1.807) is 4.31 Å². The summed E-state index contributed by atoms with van der Waals surface area (Å²) in [5.74, 6) is 0.529. The predicted molar refractivity (Wildman–Crippen MR) is 151 cm³/mol. The van der Waals surface area contributed by atoms with Gasteiger partial charge in [0.15, 0.2) is 0 Å². The summed E-state index contributed by atoms with van der Waals surface area (Å²) in [6, 6.07) is 21.6. The van der Waals surface area contributed by atoms with E-state index >= 15 is 0 Å². The molecule has 1 aliphatic heterocycles. The summed E-state index contributed by atoms with van der Waals surface area (Å²) in [7, 11) is -3.36. The Morgan fingerprint density at radius 2 is 1.74 bits per heavy atom. The van der Waals surface area contributed by atoms with Gasteiger partial charge in [-0.05, 0) is 73.1 Å². The fourth-order valence-electron chi connectivity index (χ4n) is 5.22. The smallest absolute Gasteiger partial charge is 0.250 e. The first-order valence-electron chi connectivity index (χ1n) is 13.0. The SMILES string of the molecule is Cc1ccc(OCCCS(=O)(=O)N2CCC(c3c[nH]c4c(C(N)=O)cc(-c5ccccc5)cc34)CC2)cc1. The van der Waals surface area contributed by atoms with E-state index in [1.807, 2.05) is 73.8 Å². The predicted octanol–water partition coefficient (Wildman–Crippen LogP) is 5.22. The summed E-state index contributed by atoms with van der Waals surface area (Å²) >= 11 is 0. The van der Waals surface area contributed by atoms with Crippen molar-refractivity contribution >= 4 is 26.8 Å². The third-order valence-electron chi connectivity index (χ3n) is 7.32. The largest absolute Gasteiger partial charge is 0.494 e. The van der Waals surface area contributed by atoms with Crippen molar-refractivity contribution in [3.63, 3.8) is 0 Å². The lowest BCUT2D eigenvalue weighted by molar-refractivity contribution is 0.100. The Balaban J connectivity index is 1.25. The zero-order valence-corrected chi connectivity index (χ0v) is 22.3. The maximum atomic E-state index is 13.0. The lowest BCUT2D eigenvalue weighted by Crippen LogP contribution is -2.39. The first-order valence-corrected chi connectivity index (χ1v) is 14.6. The Labute approximate surface area is 223 Å². The molecule has 1 aliphatic rings. The van der Waals surface area contributed by atoms with Crippen molar-refractivity contribution in [2.45, 2.75) is 32.1 Å². The number of nitrogens with zero attached hydrogens (tertiary/aromatic N) is 1. The Morgan fingerprint density at radius 1 is 1.03 bits per heavy atom. The highest BCUT2D eigenvalue weighted by molar-refractivity contribution is 7.89. The standard InChI is InChI=1S/C30H33N3O4S/c1-21-8-10-25(11-9-21)37-16-5-17-38(35,36)33-14-12-23(13-15-33)28-20-32-29-26(28)18-24(19-27(29)30(31)34)22-6-3-2-4-7-22/h2-4,6-11,18-20,23,32H,5,12-17H2,1H3,(H2,31,34). The van der Waals surface area contributed by atoms with Crippen LogP contribution in [0.2, 0.25) is 0 Å². The minimum Gasteiger partial charge on any atom is -0.494 e. The lowest BCUT2D eigenvalue weighted by atomic mass is 9.88. The molecule has 1 fully saturated rings. The van der Waals surface area contributed by atoms with Crippen molar-refractivity contribution in [2.75, 3.05) is 25.4 Å². The van der Waals surface area contributed by atoms with Crippen LogP contribution < -0.4 is 10.5 Å². The van der Waals surface area contributed by atoms with Gasteiger partial charge in [0.2, 0.25) is 10.0 Å². The molecule has 0 bridgehead atoms. The maximum absolute atomic E-state index is 13.0. The summed E-state index contributed by atoms with van der Waals surface area (Å²) < 4.78 is 33.3. The average Bonchev–Trinajstić information content (AvgIpc) is 3.36. The summed E-state index contributed by atoms with van der Waals surface area (Å²) in [4.78, 5) is 15.5. The second kappa shape index (κ2) is 11.0. The van der Waals surface area contributed by atoms with Gasteiger partial charge in [0.05, 0.1) is 23.4 Å². The van der Waals surface area contributed by atoms with E-state index in [9.17, 15) is 13.2 Å². The topological polar surface area (TPSA) is 105 Å². The third kappa shape index (κ3) is 5.61. The van der Waals surface area contributed by atoms with Crippen LogP contribution >= 0.6 is 0 Å². The molecule has 5 rings (SSSR count). The molecule has 2 heterocycles. The maximum Gasteiger partial charge on any atom is 0.250 e. The number of sulfonamides is 1. The van der Waals surface area contributed by atoms with Gasteiger partial charge in [0.25, 0.3) is 5.91 Å². The molecular weight excluding hydrogens is 498 g/mol. The molecule has 0 atom stereocenters. The van der Waals surface area contributed by atoms with Crippen LogP contribution in [0.15, 0.2) is 72.9 Å². The number of carbonyl (C=O) groups is 1. The minimum absolute atomic E-state index is 0.0685. The van der Waals surface area contributed by atoms with Gasteiger partial charge in [0.1, 0.15) is 5.75 Å². The molecule has 0 aliphatic carbocycles. The Morgan fingerprint density at radius 3 is 2.42 bits per heavy atom. The van der Waals surface area contributed by atoms with Crippen LogP contribution in [0, 0.1) is 6.92 Å². The number of hydrogen-bond acceptors (Lipinski definition) is 4. The van der Waals surface area contributed by atoms with E-state index in [4.69, 9.17) is 10.5 Å². The number of carbonyl (C=O) groups excluding carboxylic acids is 1. The number of nitrogens with one attached hydrogen (secondary N) is 1. The van der Waals surface area contributed by atoms with Crippen molar-refractivity contribution in [2.24, 2.45) is 5.73 Å². The number of rotatable bonds is 9. The second-order valence-corrected chi connectivity index (χ2v) is 12.0. The van der Waals surface area contributed by atoms with Gasteiger partial charge >= 0.3 is 0 Å². The van der Waals surface area contributed by atoms with Gasteiger partial charge in [-0.15, -0.1) is 0 Å². The van der Waals surface area contributed by atoms with Crippen molar-refractivity contribution < 1.29 is 17.9 Å². The number of nitrogens with two attached hydrogens (primary N) is 1. The molecule has 4 aromatic rings. The summed E-state index contributed by atoms with van der Waals surface area (Å²) in [6.45, 7) is 3.32. The third-order valence-corrected chi connectivity index (χ3v) is 9.27. The van der Waals surface area contributed by atoms with Crippen molar-refractivity contribution in [1.29, 1.82) is 0 Å². The number of primary amides is 1. The molecule has 1 saturated heterocycles. The second-order valence-electron chi connectivity index (χ2n) is 9.93. The number of piperidine rings is 1. The van der Waals surface area contributed by atoms with E-state index < -0.39 is 15.9 Å². The lowest BCUT2D eigenvalue weighted by Gasteiger charge is -2.31. The number of aromatic nitrogens is 1. The number of hydrogen-bond donors (Lipinski definition) is 2. The molecule has 1 aromatic heterocycles. The van der Waals surface area contributed by atoms with E-state index in [0.717, 1.165) is 38.9 Å². The van der Waals surface area contributed by atoms with Crippen LogP contribution in [0.5, 0.6) is 5.75 Å². The van der Waals surface area contributed by atoms with Crippen LogP contribution in [0.25, 0.3) is 22.0 Å². The number of benzene rings is 3. The molecule has 8 heteroatoms. The summed E-state index contributed by atoms with van der Waals surface area (Å²) in [5, 5.41) is 0.967. The van der Waals surface area contributed by atoms with E-state index in [2.05, 4.69) is 11.1 Å². The number of amides is 1. The molecule has 0 radical (unpaired) electrons. The Bertz CT molecular complexity index is 1520. The van der Waals surface area contributed by atoms with Crippen molar-refractivity contribution in [3.05, 3.63) is 89.6 Å². The highest BCUT2D eigenvalue weighted by Crippen LogP contribution is 2.37. The van der Waals surface area contributed by atoms with Gasteiger partial charge in [-0.25, -0.2) is 12.7 Å². The van der Waals surface area contributed by atoms with E-state index in [-0.39, 0.29) is 11.7 Å². The zero-order valence-electron chi connectivity index (χ0n) is 21.5. The van der Waals surface area contributed by atoms with E-state index in [1.165, 1.54) is 0 Å². The quantitative estimate of drug-likeness (QED) is 0.289. The first kappa shape index (κ1) is 26.0. The van der Waals surface area contributed by atoms with Crippen LogP contribution in [0.3, 0.4) is 0 Å². The van der Waals surface area contributed by atoms with Gasteiger partial charge in [0, 0.05) is 24.7 Å². The van der Waals surface area contributed by atoms with Gasteiger partial charge < -0.3 is 15.5 Å². The fourth-order valence-corrected chi connectivity index (χ4v) is 6.73. The number of H-pyrrole nitrogens is 1. The molecule has 0 saturated carbocycles. The molecule has 38 heavy (non-hydrogen) atoms. The monoisotopic (exact) mass is 531 g/mol. The highest BCUT2D eigenvalue weighted by Gasteiger charge is 2.30. The molecule has 1 amide bonds. The molecule has 0 unspecified atom stereocenters. The first-order chi connectivity index (χ1) is 18.3.